The molecule has 0 bridgehead atoms. The second-order valence-electron chi connectivity index (χ2n) is 4.72. The zero-order valence-corrected chi connectivity index (χ0v) is 11.6. The lowest BCUT2D eigenvalue weighted by Crippen LogP contribution is -2.38. The Hall–Kier alpha value is -1.51. The highest BCUT2D eigenvalue weighted by atomic mass is 16.5. The van der Waals surface area contributed by atoms with E-state index in [4.69, 9.17) is 10.5 Å². The first-order chi connectivity index (χ1) is 9.79. The predicted octanol–water partition coefficient (Wildman–Crippen LogP) is -1.31. The van der Waals surface area contributed by atoms with Crippen molar-refractivity contribution in [2.75, 3.05) is 45.9 Å². The highest BCUT2D eigenvalue weighted by molar-refractivity contribution is 5.91. The van der Waals surface area contributed by atoms with Crippen molar-refractivity contribution < 1.29 is 9.53 Å². The van der Waals surface area contributed by atoms with Crippen molar-refractivity contribution in [3.8, 4) is 0 Å². The topological polar surface area (TPSA) is 98.3 Å². The van der Waals surface area contributed by atoms with Gasteiger partial charge in [-0.25, -0.2) is 0 Å². The van der Waals surface area contributed by atoms with E-state index in [2.05, 4.69) is 20.5 Å². The van der Waals surface area contributed by atoms with Gasteiger partial charge >= 0.3 is 0 Å². The minimum absolute atomic E-state index is 0.185. The van der Waals surface area contributed by atoms with Crippen LogP contribution < -0.4 is 11.1 Å². The maximum Gasteiger partial charge on any atom is 0.273 e. The van der Waals surface area contributed by atoms with E-state index in [-0.39, 0.29) is 5.91 Å². The van der Waals surface area contributed by atoms with Crippen LogP contribution in [0.3, 0.4) is 0 Å². The fraction of sp³-hybridized carbons (Fsp3) is 0.750. The van der Waals surface area contributed by atoms with Gasteiger partial charge in [-0.15, -0.1) is 5.10 Å². The van der Waals surface area contributed by atoms with Crippen LogP contribution in [0.25, 0.3) is 0 Å². The Morgan fingerprint density at radius 1 is 1.40 bits per heavy atom. The standard InChI is InChI=1S/C12H22N6O2/c13-2-5-18-10-11(15-16-18)12(19)14-3-1-4-17-6-8-20-9-7-17/h10H,1-9,13H2,(H,14,19). The first kappa shape index (κ1) is 14.9. The first-order valence-corrected chi connectivity index (χ1v) is 6.98. The third-order valence-electron chi connectivity index (χ3n) is 3.17. The molecule has 3 N–H and O–H groups in total. The third kappa shape index (κ3) is 4.55. The number of morpholine rings is 1. The highest BCUT2D eigenvalue weighted by Crippen LogP contribution is 1.98. The van der Waals surface area contributed by atoms with Crippen LogP contribution in [0, 0.1) is 0 Å². The van der Waals surface area contributed by atoms with Crippen molar-refractivity contribution in [1.29, 1.82) is 0 Å². The maximum absolute atomic E-state index is 11.8. The van der Waals surface area contributed by atoms with Gasteiger partial charge in [0.05, 0.1) is 26.0 Å². The fourth-order valence-corrected chi connectivity index (χ4v) is 2.06. The number of nitrogens with zero attached hydrogens (tertiary/aromatic N) is 4. The van der Waals surface area contributed by atoms with Gasteiger partial charge in [0.25, 0.3) is 5.91 Å². The Balaban J connectivity index is 1.63. The maximum atomic E-state index is 11.8. The van der Waals surface area contributed by atoms with Crippen LogP contribution in [-0.2, 0) is 11.3 Å². The highest BCUT2D eigenvalue weighted by Gasteiger charge is 2.11. The zero-order valence-electron chi connectivity index (χ0n) is 11.6. The summed E-state index contributed by atoms with van der Waals surface area (Å²) in [7, 11) is 0. The lowest BCUT2D eigenvalue weighted by Gasteiger charge is -2.26. The van der Waals surface area contributed by atoms with Gasteiger partial charge in [-0.2, -0.15) is 0 Å². The molecule has 1 aromatic rings. The van der Waals surface area contributed by atoms with Crippen LogP contribution >= 0.6 is 0 Å². The molecule has 112 valence electrons. The van der Waals surface area contributed by atoms with Crippen molar-refractivity contribution >= 4 is 5.91 Å². The molecule has 1 aromatic heterocycles. The number of hydrogen-bond acceptors (Lipinski definition) is 6. The number of carbonyl (C=O) groups excluding carboxylic acids is 1. The lowest BCUT2D eigenvalue weighted by molar-refractivity contribution is 0.0374. The van der Waals surface area contributed by atoms with Gasteiger partial charge in [-0.3, -0.25) is 14.4 Å². The molecule has 1 saturated heterocycles. The van der Waals surface area contributed by atoms with Gasteiger partial charge in [-0.1, -0.05) is 5.21 Å². The number of nitrogens with one attached hydrogen (secondary N) is 1. The van der Waals surface area contributed by atoms with Gasteiger partial charge in [0.1, 0.15) is 0 Å². The van der Waals surface area contributed by atoms with Crippen molar-refractivity contribution in [3.05, 3.63) is 11.9 Å². The van der Waals surface area contributed by atoms with E-state index in [0.29, 0.717) is 25.3 Å². The van der Waals surface area contributed by atoms with E-state index < -0.39 is 0 Å². The van der Waals surface area contributed by atoms with Crippen LogP contribution in [0.1, 0.15) is 16.9 Å². The Labute approximate surface area is 118 Å². The van der Waals surface area contributed by atoms with Crippen LogP contribution in [0.4, 0.5) is 0 Å². The summed E-state index contributed by atoms with van der Waals surface area (Å²) >= 11 is 0. The van der Waals surface area contributed by atoms with Crippen molar-refractivity contribution in [2.45, 2.75) is 13.0 Å². The summed E-state index contributed by atoms with van der Waals surface area (Å²) in [6.07, 6.45) is 2.53. The van der Waals surface area contributed by atoms with E-state index in [1.165, 1.54) is 0 Å². The summed E-state index contributed by atoms with van der Waals surface area (Å²) in [5, 5.41) is 10.5. The second kappa shape index (κ2) is 7.93. The second-order valence-corrected chi connectivity index (χ2v) is 4.72. The van der Waals surface area contributed by atoms with Crippen LogP contribution in [0.2, 0.25) is 0 Å². The number of amides is 1. The van der Waals surface area contributed by atoms with Gasteiger partial charge in [0, 0.05) is 26.2 Å². The minimum Gasteiger partial charge on any atom is -0.379 e. The lowest BCUT2D eigenvalue weighted by atomic mass is 10.3. The summed E-state index contributed by atoms with van der Waals surface area (Å²) in [4.78, 5) is 14.2. The molecule has 1 fully saturated rings. The molecular formula is C12H22N6O2. The number of hydrogen-bond donors (Lipinski definition) is 2. The molecule has 1 amide bonds. The van der Waals surface area contributed by atoms with E-state index in [1.54, 1.807) is 10.9 Å². The zero-order chi connectivity index (χ0) is 14.2. The molecule has 8 heteroatoms. The summed E-state index contributed by atoms with van der Waals surface area (Å²) in [5.41, 5.74) is 5.75. The minimum atomic E-state index is -0.185. The van der Waals surface area contributed by atoms with Gasteiger partial charge in [0.2, 0.25) is 0 Å². The summed E-state index contributed by atoms with van der Waals surface area (Å²) < 4.78 is 6.86. The van der Waals surface area contributed by atoms with Gasteiger partial charge in [-0.05, 0) is 13.0 Å². The van der Waals surface area contributed by atoms with E-state index in [1.807, 2.05) is 0 Å². The van der Waals surface area contributed by atoms with Crippen LogP contribution in [0.5, 0.6) is 0 Å². The van der Waals surface area contributed by atoms with E-state index in [9.17, 15) is 4.79 Å². The van der Waals surface area contributed by atoms with Crippen LogP contribution in [-0.4, -0.2) is 71.7 Å². The molecule has 1 aliphatic rings. The van der Waals surface area contributed by atoms with Crippen molar-refractivity contribution in [1.82, 2.24) is 25.2 Å². The summed E-state index contributed by atoms with van der Waals surface area (Å²) in [6, 6.07) is 0. The smallest absolute Gasteiger partial charge is 0.273 e. The molecule has 0 atom stereocenters. The molecule has 0 aliphatic carbocycles. The molecule has 0 unspecified atom stereocenters. The molecule has 2 heterocycles. The van der Waals surface area contributed by atoms with Gasteiger partial charge in [0.15, 0.2) is 5.69 Å². The molecular weight excluding hydrogens is 260 g/mol. The molecule has 1 aliphatic heterocycles. The monoisotopic (exact) mass is 282 g/mol. The molecule has 0 radical (unpaired) electrons. The van der Waals surface area contributed by atoms with Crippen LogP contribution in [0.15, 0.2) is 6.20 Å². The van der Waals surface area contributed by atoms with Gasteiger partial charge < -0.3 is 15.8 Å². The molecule has 0 saturated carbocycles. The average molecular weight is 282 g/mol. The van der Waals surface area contributed by atoms with E-state index >= 15 is 0 Å². The quantitative estimate of drug-likeness (QED) is 0.603. The molecule has 0 spiro atoms. The molecule has 8 nitrogen and oxygen atoms in total. The fourth-order valence-electron chi connectivity index (χ4n) is 2.06. The summed E-state index contributed by atoms with van der Waals surface area (Å²) in [6.45, 7) is 6.21. The van der Waals surface area contributed by atoms with Crippen molar-refractivity contribution in [3.63, 3.8) is 0 Å². The Morgan fingerprint density at radius 2 is 2.20 bits per heavy atom. The molecule has 20 heavy (non-hydrogen) atoms. The number of aromatic nitrogens is 3. The van der Waals surface area contributed by atoms with Crippen molar-refractivity contribution in [2.24, 2.45) is 5.73 Å². The largest absolute Gasteiger partial charge is 0.379 e. The number of nitrogens with two attached hydrogens (primary N) is 1. The van der Waals surface area contributed by atoms with E-state index in [0.717, 1.165) is 39.3 Å². The predicted molar refractivity (Wildman–Crippen MR) is 73.3 cm³/mol. The average Bonchev–Trinajstić information content (AvgIpc) is 2.94. The normalized spacial score (nSPS) is 16.2. The number of ether oxygens (including phenoxy) is 1. The Bertz CT molecular complexity index is 416. The Morgan fingerprint density at radius 3 is 2.95 bits per heavy atom. The number of carbonyl (C=O) groups is 1. The SMILES string of the molecule is NCCn1cc(C(=O)NCCCN2CCOCC2)nn1. The molecule has 0 aromatic carbocycles. The first-order valence-electron chi connectivity index (χ1n) is 6.98. The Kier molecular flexibility index (Phi) is 5.90. The summed E-state index contributed by atoms with van der Waals surface area (Å²) in [5.74, 6) is -0.185. The molecule has 2 rings (SSSR count). The number of rotatable bonds is 7. The third-order valence-corrected chi connectivity index (χ3v) is 3.17.